The molecule has 72 valence electrons. The normalized spacial score (nSPS) is 26.8. The summed E-state index contributed by atoms with van der Waals surface area (Å²) in [6.07, 6.45) is 6.31. The van der Waals surface area contributed by atoms with Crippen LogP contribution >= 0.6 is 0 Å². The fraction of sp³-hybridized carbons (Fsp3) is 0.545. The van der Waals surface area contributed by atoms with Crippen LogP contribution in [0.4, 0.5) is 0 Å². The lowest BCUT2D eigenvalue weighted by Crippen LogP contribution is -2.25. The number of hydrogen-bond donors (Lipinski definition) is 0. The first-order valence-corrected chi connectivity index (χ1v) is 4.69. The maximum atomic E-state index is 11.1. The molecule has 0 bridgehead atoms. The average Bonchev–Trinajstić information content (AvgIpc) is 2.13. The molecule has 13 heavy (non-hydrogen) atoms. The summed E-state index contributed by atoms with van der Waals surface area (Å²) in [6.45, 7) is 5.94. The Hall–Kier alpha value is -1.05. The SMILES string of the molecule is CCC(=O)OC1C=CC=C(C)C1C. The highest BCUT2D eigenvalue weighted by Gasteiger charge is 2.21. The van der Waals surface area contributed by atoms with Crippen molar-refractivity contribution in [2.24, 2.45) is 5.92 Å². The molecule has 0 amide bonds. The van der Waals surface area contributed by atoms with Gasteiger partial charge in [0.25, 0.3) is 0 Å². The summed E-state index contributed by atoms with van der Waals surface area (Å²) in [5.74, 6) is 0.178. The molecule has 2 unspecified atom stereocenters. The van der Waals surface area contributed by atoms with Crippen LogP contribution in [0, 0.1) is 5.92 Å². The van der Waals surface area contributed by atoms with Gasteiger partial charge >= 0.3 is 5.97 Å². The molecule has 0 spiro atoms. The van der Waals surface area contributed by atoms with E-state index in [0.29, 0.717) is 12.3 Å². The van der Waals surface area contributed by atoms with Gasteiger partial charge in [-0.15, -0.1) is 0 Å². The molecule has 0 N–H and O–H groups in total. The molecule has 0 aromatic heterocycles. The summed E-state index contributed by atoms with van der Waals surface area (Å²) >= 11 is 0. The molecule has 0 saturated carbocycles. The van der Waals surface area contributed by atoms with Crippen molar-refractivity contribution in [2.75, 3.05) is 0 Å². The first kappa shape index (κ1) is 10.0. The average molecular weight is 180 g/mol. The van der Waals surface area contributed by atoms with Crippen LogP contribution < -0.4 is 0 Å². The van der Waals surface area contributed by atoms with Crippen LogP contribution in [-0.2, 0) is 9.53 Å². The van der Waals surface area contributed by atoms with Gasteiger partial charge in [0.15, 0.2) is 0 Å². The summed E-state index contributed by atoms with van der Waals surface area (Å²) in [5.41, 5.74) is 1.26. The summed E-state index contributed by atoms with van der Waals surface area (Å²) in [5, 5.41) is 0. The molecule has 0 heterocycles. The van der Waals surface area contributed by atoms with Crippen molar-refractivity contribution in [3.05, 3.63) is 23.8 Å². The number of esters is 1. The van der Waals surface area contributed by atoms with Gasteiger partial charge in [-0.25, -0.2) is 0 Å². The second kappa shape index (κ2) is 4.26. The van der Waals surface area contributed by atoms with Gasteiger partial charge in [0.1, 0.15) is 6.10 Å². The maximum Gasteiger partial charge on any atom is 0.306 e. The van der Waals surface area contributed by atoms with Crippen molar-refractivity contribution in [3.63, 3.8) is 0 Å². The van der Waals surface area contributed by atoms with Crippen molar-refractivity contribution in [2.45, 2.75) is 33.3 Å². The minimum atomic E-state index is -0.129. The molecule has 0 fully saturated rings. The number of allylic oxidation sites excluding steroid dienone is 2. The molecular formula is C11H16O2. The molecule has 1 aliphatic carbocycles. The minimum absolute atomic E-state index is 0.0718. The summed E-state index contributed by atoms with van der Waals surface area (Å²) in [4.78, 5) is 11.1. The van der Waals surface area contributed by atoms with Crippen molar-refractivity contribution in [1.82, 2.24) is 0 Å². The van der Waals surface area contributed by atoms with Crippen LogP contribution in [0.5, 0.6) is 0 Å². The first-order chi connectivity index (χ1) is 6.15. The van der Waals surface area contributed by atoms with E-state index >= 15 is 0 Å². The fourth-order valence-corrected chi connectivity index (χ4v) is 1.27. The second-order valence-electron chi connectivity index (χ2n) is 3.39. The largest absolute Gasteiger partial charge is 0.457 e. The van der Waals surface area contributed by atoms with E-state index in [9.17, 15) is 4.79 Å². The van der Waals surface area contributed by atoms with Gasteiger partial charge in [0.05, 0.1) is 0 Å². The highest BCUT2D eigenvalue weighted by atomic mass is 16.5. The van der Waals surface area contributed by atoms with Crippen LogP contribution in [-0.4, -0.2) is 12.1 Å². The van der Waals surface area contributed by atoms with Crippen LogP contribution in [0.3, 0.4) is 0 Å². The number of carbonyl (C=O) groups excluding carboxylic acids is 1. The third-order valence-corrected chi connectivity index (χ3v) is 2.43. The van der Waals surface area contributed by atoms with E-state index < -0.39 is 0 Å². The predicted molar refractivity (Wildman–Crippen MR) is 52.2 cm³/mol. The van der Waals surface area contributed by atoms with Gasteiger partial charge in [-0.1, -0.05) is 31.6 Å². The van der Waals surface area contributed by atoms with Crippen LogP contribution in [0.25, 0.3) is 0 Å². The van der Waals surface area contributed by atoms with Gasteiger partial charge in [-0.05, 0) is 13.0 Å². The quantitative estimate of drug-likeness (QED) is 0.610. The second-order valence-corrected chi connectivity index (χ2v) is 3.39. The Balaban J connectivity index is 2.58. The van der Waals surface area contributed by atoms with Gasteiger partial charge in [0, 0.05) is 12.3 Å². The van der Waals surface area contributed by atoms with Gasteiger partial charge < -0.3 is 4.74 Å². The van der Waals surface area contributed by atoms with Crippen molar-refractivity contribution >= 4 is 5.97 Å². The Morgan fingerprint density at radius 1 is 1.62 bits per heavy atom. The number of rotatable bonds is 2. The lowest BCUT2D eigenvalue weighted by Gasteiger charge is -2.24. The molecule has 2 atom stereocenters. The number of carbonyl (C=O) groups is 1. The third kappa shape index (κ3) is 2.44. The zero-order valence-electron chi connectivity index (χ0n) is 8.41. The molecule has 0 aromatic carbocycles. The standard InChI is InChI=1S/C11H16O2/c1-4-11(12)13-10-7-5-6-8(2)9(10)3/h5-7,9-10H,4H2,1-3H3. The summed E-state index contributed by atoms with van der Waals surface area (Å²) in [6, 6.07) is 0. The van der Waals surface area contributed by atoms with Crippen molar-refractivity contribution in [1.29, 1.82) is 0 Å². The molecule has 0 aromatic rings. The fourth-order valence-electron chi connectivity index (χ4n) is 1.27. The number of hydrogen-bond acceptors (Lipinski definition) is 2. The zero-order valence-corrected chi connectivity index (χ0v) is 8.41. The van der Waals surface area contributed by atoms with E-state index in [0.717, 1.165) is 0 Å². The van der Waals surface area contributed by atoms with E-state index in [1.54, 1.807) is 0 Å². The van der Waals surface area contributed by atoms with Crippen molar-refractivity contribution in [3.8, 4) is 0 Å². The van der Waals surface area contributed by atoms with E-state index in [1.165, 1.54) is 5.57 Å². The molecular weight excluding hydrogens is 164 g/mol. The highest BCUT2D eigenvalue weighted by Crippen LogP contribution is 2.22. The zero-order chi connectivity index (χ0) is 9.84. The third-order valence-electron chi connectivity index (χ3n) is 2.43. The van der Waals surface area contributed by atoms with Crippen LogP contribution in [0.15, 0.2) is 23.8 Å². The molecule has 0 aliphatic heterocycles. The van der Waals surface area contributed by atoms with E-state index in [-0.39, 0.29) is 12.1 Å². The molecule has 1 rings (SSSR count). The smallest absolute Gasteiger partial charge is 0.306 e. The molecule has 2 heteroatoms. The lowest BCUT2D eigenvalue weighted by atomic mass is 9.92. The van der Waals surface area contributed by atoms with Crippen LogP contribution in [0.2, 0.25) is 0 Å². The monoisotopic (exact) mass is 180 g/mol. The van der Waals surface area contributed by atoms with Crippen molar-refractivity contribution < 1.29 is 9.53 Å². The molecule has 2 nitrogen and oxygen atoms in total. The topological polar surface area (TPSA) is 26.3 Å². The van der Waals surface area contributed by atoms with Crippen LogP contribution in [0.1, 0.15) is 27.2 Å². The molecule has 0 saturated heterocycles. The van der Waals surface area contributed by atoms with Gasteiger partial charge in [-0.3, -0.25) is 4.79 Å². The minimum Gasteiger partial charge on any atom is -0.457 e. The Bertz CT molecular complexity index is 251. The maximum absolute atomic E-state index is 11.1. The summed E-state index contributed by atoms with van der Waals surface area (Å²) in [7, 11) is 0. The molecule has 0 radical (unpaired) electrons. The number of ether oxygens (including phenoxy) is 1. The Morgan fingerprint density at radius 2 is 2.31 bits per heavy atom. The molecule has 1 aliphatic rings. The van der Waals surface area contributed by atoms with Gasteiger partial charge in [0.2, 0.25) is 0 Å². The Morgan fingerprint density at radius 3 is 2.92 bits per heavy atom. The predicted octanol–water partition coefficient (Wildman–Crippen LogP) is 2.46. The Kier molecular flexibility index (Phi) is 3.29. The Labute approximate surface area is 79.3 Å². The van der Waals surface area contributed by atoms with E-state index in [2.05, 4.69) is 19.9 Å². The van der Waals surface area contributed by atoms with E-state index in [1.807, 2.05) is 19.1 Å². The highest BCUT2D eigenvalue weighted by molar-refractivity contribution is 5.69. The first-order valence-electron chi connectivity index (χ1n) is 4.69. The van der Waals surface area contributed by atoms with Gasteiger partial charge in [-0.2, -0.15) is 0 Å². The lowest BCUT2D eigenvalue weighted by molar-refractivity contribution is -0.147. The summed E-state index contributed by atoms with van der Waals surface area (Å²) < 4.78 is 5.26. The van der Waals surface area contributed by atoms with E-state index in [4.69, 9.17) is 4.74 Å².